The lowest BCUT2D eigenvalue weighted by molar-refractivity contribution is -0.132. The Morgan fingerprint density at radius 1 is 1.45 bits per heavy atom. The van der Waals surface area contributed by atoms with E-state index in [9.17, 15) is 9.90 Å². The van der Waals surface area contributed by atoms with Crippen molar-refractivity contribution in [1.29, 1.82) is 0 Å². The van der Waals surface area contributed by atoms with Gasteiger partial charge in [0.2, 0.25) is 5.91 Å². The minimum Gasteiger partial charge on any atom is -0.496 e. The molecule has 1 unspecified atom stereocenters. The van der Waals surface area contributed by atoms with Crippen LogP contribution in [-0.2, 0) is 4.79 Å². The van der Waals surface area contributed by atoms with E-state index in [2.05, 4.69) is 0 Å². The largest absolute Gasteiger partial charge is 0.496 e. The molecule has 0 saturated carbocycles. The molecule has 0 aromatic heterocycles. The molecular formula is C16H21NO3. The molecule has 4 nitrogen and oxygen atoms in total. The quantitative estimate of drug-likeness (QED) is 0.859. The van der Waals surface area contributed by atoms with Crippen LogP contribution in [0.25, 0.3) is 6.08 Å². The fraction of sp³-hybridized carbons (Fsp3) is 0.438. The molecule has 20 heavy (non-hydrogen) atoms. The van der Waals surface area contributed by atoms with Gasteiger partial charge in [0.15, 0.2) is 0 Å². The third-order valence-electron chi connectivity index (χ3n) is 3.53. The van der Waals surface area contributed by atoms with Crippen molar-refractivity contribution in [3.8, 4) is 5.75 Å². The van der Waals surface area contributed by atoms with Gasteiger partial charge in [-0.05, 0) is 31.9 Å². The molecule has 2 rings (SSSR count). The van der Waals surface area contributed by atoms with Gasteiger partial charge in [0.25, 0.3) is 0 Å². The minimum absolute atomic E-state index is 0.0733. The van der Waals surface area contributed by atoms with E-state index >= 15 is 0 Å². The number of amides is 1. The van der Waals surface area contributed by atoms with Gasteiger partial charge in [-0.2, -0.15) is 0 Å². The van der Waals surface area contributed by atoms with Crippen molar-refractivity contribution in [1.82, 2.24) is 4.90 Å². The molecule has 108 valence electrons. The molecule has 1 aliphatic heterocycles. The van der Waals surface area contributed by atoms with E-state index < -0.39 is 5.60 Å². The van der Waals surface area contributed by atoms with Crippen molar-refractivity contribution < 1.29 is 14.6 Å². The Balaban J connectivity index is 2.05. The highest BCUT2D eigenvalue weighted by Gasteiger charge is 2.29. The second-order valence-corrected chi connectivity index (χ2v) is 5.44. The number of para-hydroxylation sites is 1. The Kier molecular flexibility index (Phi) is 4.45. The third-order valence-corrected chi connectivity index (χ3v) is 3.53. The molecule has 1 aliphatic rings. The number of β-amino-alcohol motifs (C(OH)–C–C–N with tert-alkyl or cyclic N) is 1. The topological polar surface area (TPSA) is 49.8 Å². The second-order valence-electron chi connectivity index (χ2n) is 5.44. The van der Waals surface area contributed by atoms with Gasteiger partial charge >= 0.3 is 0 Å². The van der Waals surface area contributed by atoms with Crippen LogP contribution < -0.4 is 4.74 Å². The first-order valence-corrected chi connectivity index (χ1v) is 6.84. The van der Waals surface area contributed by atoms with Crippen LogP contribution in [0.4, 0.5) is 0 Å². The number of carbonyl (C=O) groups is 1. The summed E-state index contributed by atoms with van der Waals surface area (Å²) in [5.41, 5.74) is 0.0961. The van der Waals surface area contributed by atoms with E-state index in [4.69, 9.17) is 4.74 Å². The van der Waals surface area contributed by atoms with Gasteiger partial charge < -0.3 is 14.7 Å². The number of rotatable bonds is 3. The Hall–Kier alpha value is -1.81. The van der Waals surface area contributed by atoms with Crippen molar-refractivity contribution in [2.45, 2.75) is 25.4 Å². The zero-order valence-corrected chi connectivity index (χ0v) is 12.0. The third kappa shape index (κ3) is 3.61. The lowest BCUT2D eigenvalue weighted by Crippen LogP contribution is -2.48. The summed E-state index contributed by atoms with van der Waals surface area (Å²) in [4.78, 5) is 13.8. The Bertz CT molecular complexity index is 508. The van der Waals surface area contributed by atoms with E-state index in [0.717, 1.165) is 24.2 Å². The molecule has 1 amide bonds. The van der Waals surface area contributed by atoms with Crippen LogP contribution in [0, 0.1) is 0 Å². The summed E-state index contributed by atoms with van der Waals surface area (Å²) in [6.45, 7) is 2.86. The molecule has 1 aromatic rings. The number of hydrogen-bond donors (Lipinski definition) is 1. The number of nitrogens with zero attached hydrogens (tertiary/aromatic N) is 1. The summed E-state index contributed by atoms with van der Waals surface area (Å²) in [6, 6.07) is 7.54. The highest BCUT2D eigenvalue weighted by Crippen LogP contribution is 2.22. The Morgan fingerprint density at radius 3 is 2.90 bits per heavy atom. The van der Waals surface area contributed by atoms with Crippen LogP contribution in [0.5, 0.6) is 5.75 Å². The van der Waals surface area contributed by atoms with Crippen molar-refractivity contribution in [3.63, 3.8) is 0 Å². The monoisotopic (exact) mass is 275 g/mol. The summed E-state index contributed by atoms with van der Waals surface area (Å²) < 4.78 is 5.24. The van der Waals surface area contributed by atoms with Crippen LogP contribution in [0.15, 0.2) is 30.3 Å². The second kappa shape index (κ2) is 6.09. The lowest BCUT2D eigenvalue weighted by Gasteiger charge is -2.36. The van der Waals surface area contributed by atoms with E-state index in [1.165, 1.54) is 0 Å². The van der Waals surface area contributed by atoms with Crippen LogP contribution in [0.2, 0.25) is 0 Å². The summed E-state index contributed by atoms with van der Waals surface area (Å²) in [7, 11) is 1.61. The molecule has 0 radical (unpaired) electrons. The zero-order chi connectivity index (χ0) is 14.6. The van der Waals surface area contributed by atoms with Gasteiger partial charge in [-0.3, -0.25) is 4.79 Å². The lowest BCUT2D eigenvalue weighted by atomic mass is 9.95. The molecular weight excluding hydrogens is 254 g/mol. The zero-order valence-electron chi connectivity index (χ0n) is 12.0. The normalized spacial score (nSPS) is 23.1. The predicted octanol–water partition coefficient (Wildman–Crippen LogP) is 2.08. The van der Waals surface area contributed by atoms with Crippen LogP contribution in [0.1, 0.15) is 25.3 Å². The number of aliphatic hydroxyl groups is 1. The molecule has 0 aliphatic carbocycles. The first kappa shape index (κ1) is 14.6. The first-order chi connectivity index (χ1) is 9.52. The maximum Gasteiger partial charge on any atom is 0.246 e. The summed E-state index contributed by atoms with van der Waals surface area (Å²) in [6.07, 6.45) is 4.87. The standard InChI is InChI=1S/C16H21NO3/c1-16(19)10-5-11-17(12-16)15(18)9-8-13-6-3-4-7-14(13)20-2/h3-4,6-9,19H,5,10-12H2,1-2H3/b9-8+. The fourth-order valence-corrected chi connectivity index (χ4v) is 2.48. The van der Waals surface area contributed by atoms with Crippen molar-refractivity contribution >= 4 is 12.0 Å². The van der Waals surface area contributed by atoms with E-state index in [0.29, 0.717) is 13.1 Å². The molecule has 1 heterocycles. The molecule has 0 spiro atoms. The Labute approximate surface area is 119 Å². The summed E-state index contributed by atoms with van der Waals surface area (Å²) >= 11 is 0. The average molecular weight is 275 g/mol. The predicted molar refractivity (Wildman–Crippen MR) is 78.5 cm³/mol. The summed E-state index contributed by atoms with van der Waals surface area (Å²) in [5, 5.41) is 10.0. The van der Waals surface area contributed by atoms with E-state index in [1.54, 1.807) is 31.1 Å². The number of piperidine rings is 1. The SMILES string of the molecule is COc1ccccc1/C=C/C(=O)N1CCCC(C)(O)C1. The average Bonchev–Trinajstić information content (AvgIpc) is 2.44. The van der Waals surface area contributed by atoms with Gasteiger partial charge in [-0.25, -0.2) is 0 Å². The summed E-state index contributed by atoms with van der Waals surface area (Å²) in [5.74, 6) is 0.665. The van der Waals surface area contributed by atoms with Crippen LogP contribution in [-0.4, -0.2) is 41.7 Å². The van der Waals surface area contributed by atoms with E-state index in [1.807, 2.05) is 24.3 Å². The van der Waals surface area contributed by atoms with Gasteiger partial charge in [-0.1, -0.05) is 18.2 Å². The van der Waals surface area contributed by atoms with Gasteiger partial charge in [0.05, 0.1) is 12.7 Å². The molecule has 1 N–H and O–H groups in total. The molecule has 1 atom stereocenters. The molecule has 0 bridgehead atoms. The minimum atomic E-state index is -0.772. The van der Waals surface area contributed by atoms with Crippen molar-refractivity contribution in [2.24, 2.45) is 0 Å². The fourth-order valence-electron chi connectivity index (χ4n) is 2.48. The highest BCUT2D eigenvalue weighted by molar-refractivity contribution is 5.92. The number of carbonyl (C=O) groups excluding carboxylic acids is 1. The number of hydrogen-bond acceptors (Lipinski definition) is 3. The first-order valence-electron chi connectivity index (χ1n) is 6.84. The Morgan fingerprint density at radius 2 is 2.20 bits per heavy atom. The number of likely N-dealkylation sites (tertiary alicyclic amines) is 1. The molecule has 1 aromatic carbocycles. The molecule has 4 heteroatoms. The van der Waals surface area contributed by atoms with Crippen LogP contribution >= 0.6 is 0 Å². The maximum atomic E-state index is 12.1. The number of methoxy groups -OCH3 is 1. The van der Waals surface area contributed by atoms with Crippen molar-refractivity contribution in [2.75, 3.05) is 20.2 Å². The van der Waals surface area contributed by atoms with Gasteiger partial charge in [0, 0.05) is 24.7 Å². The smallest absolute Gasteiger partial charge is 0.246 e. The van der Waals surface area contributed by atoms with E-state index in [-0.39, 0.29) is 5.91 Å². The molecule has 1 fully saturated rings. The van der Waals surface area contributed by atoms with Gasteiger partial charge in [0.1, 0.15) is 5.75 Å². The van der Waals surface area contributed by atoms with Gasteiger partial charge in [-0.15, -0.1) is 0 Å². The number of benzene rings is 1. The van der Waals surface area contributed by atoms with Crippen LogP contribution in [0.3, 0.4) is 0 Å². The maximum absolute atomic E-state index is 12.1. The molecule has 1 saturated heterocycles. The number of ether oxygens (including phenoxy) is 1. The highest BCUT2D eigenvalue weighted by atomic mass is 16.5. The van der Waals surface area contributed by atoms with Crippen molar-refractivity contribution in [3.05, 3.63) is 35.9 Å².